The number of ether oxygens (including phenoxy) is 2. The zero-order chi connectivity index (χ0) is 17.1. The van der Waals surface area contributed by atoms with Crippen molar-refractivity contribution < 1.29 is 14.3 Å². The van der Waals surface area contributed by atoms with Crippen LogP contribution in [0.1, 0.15) is 19.4 Å². The third-order valence-electron chi connectivity index (χ3n) is 3.38. The van der Waals surface area contributed by atoms with Gasteiger partial charge in [0.25, 0.3) is 5.91 Å². The van der Waals surface area contributed by atoms with Crippen LogP contribution in [0.4, 0.5) is 0 Å². The molecule has 0 saturated carbocycles. The summed E-state index contributed by atoms with van der Waals surface area (Å²) in [4.78, 5) is 15.4. The van der Waals surface area contributed by atoms with E-state index in [2.05, 4.69) is 22.6 Å². The van der Waals surface area contributed by atoms with Crippen LogP contribution < -0.4 is 9.47 Å². The highest BCUT2D eigenvalue weighted by molar-refractivity contribution is 14.1. The maximum atomic E-state index is 12.3. The zero-order valence-corrected chi connectivity index (χ0v) is 16.5. The SMILES string of the molecule is CCOc1cc(C=C2C(=O)N(C)C(=S)N2C)cc(I)c1OCC. The van der Waals surface area contributed by atoms with Crippen molar-refractivity contribution in [1.29, 1.82) is 0 Å². The number of carbonyl (C=O) groups is 1. The normalized spacial score (nSPS) is 16.5. The average molecular weight is 446 g/mol. The molecule has 0 bridgehead atoms. The molecule has 124 valence electrons. The largest absolute Gasteiger partial charge is 0.490 e. The molecule has 5 nitrogen and oxygen atoms in total. The van der Waals surface area contributed by atoms with Crippen LogP contribution in [0.5, 0.6) is 11.5 Å². The van der Waals surface area contributed by atoms with Gasteiger partial charge in [-0.2, -0.15) is 0 Å². The van der Waals surface area contributed by atoms with E-state index < -0.39 is 0 Å². The molecule has 0 N–H and O–H groups in total. The van der Waals surface area contributed by atoms with E-state index in [9.17, 15) is 4.79 Å². The van der Waals surface area contributed by atoms with Crippen LogP contribution >= 0.6 is 34.8 Å². The van der Waals surface area contributed by atoms with Gasteiger partial charge in [0.2, 0.25) is 0 Å². The average Bonchev–Trinajstić information content (AvgIpc) is 2.69. The van der Waals surface area contributed by atoms with Crippen LogP contribution in [0.2, 0.25) is 0 Å². The van der Waals surface area contributed by atoms with Crippen LogP contribution in [0.3, 0.4) is 0 Å². The molecule has 1 fully saturated rings. The third-order valence-corrected chi connectivity index (χ3v) is 4.73. The van der Waals surface area contributed by atoms with Crippen LogP contribution in [0.15, 0.2) is 17.8 Å². The van der Waals surface area contributed by atoms with E-state index in [0.29, 0.717) is 29.8 Å². The van der Waals surface area contributed by atoms with E-state index in [-0.39, 0.29) is 5.91 Å². The first kappa shape index (κ1) is 18.0. The highest BCUT2D eigenvalue weighted by atomic mass is 127. The molecule has 0 atom stereocenters. The molecule has 0 spiro atoms. The molecule has 1 aromatic rings. The van der Waals surface area contributed by atoms with Gasteiger partial charge in [0.1, 0.15) is 5.70 Å². The van der Waals surface area contributed by atoms with E-state index in [1.165, 1.54) is 4.90 Å². The first-order chi connectivity index (χ1) is 10.9. The molecule has 1 aromatic carbocycles. The van der Waals surface area contributed by atoms with Gasteiger partial charge in [0.15, 0.2) is 16.6 Å². The molecule has 1 heterocycles. The van der Waals surface area contributed by atoms with Gasteiger partial charge in [-0.3, -0.25) is 9.69 Å². The van der Waals surface area contributed by atoms with Crippen LogP contribution in [0.25, 0.3) is 6.08 Å². The summed E-state index contributed by atoms with van der Waals surface area (Å²) in [5.74, 6) is 1.30. The molecule has 0 aromatic heterocycles. The summed E-state index contributed by atoms with van der Waals surface area (Å²) in [6.07, 6.45) is 1.82. The Morgan fingerprint density at radius 2 is 1.83 bits per heavy atom. The first-order valence-corrected chi connectivity index (χ1v) is 8.75. The van der Waals surface area contributed by atoms with Gasteiger partial charge >= 0.3 is 0 Å². The zero-order valence-electron chi connectivity index (χ0n) is 13.6. The Kier molecular flexibility index (Phi) is 5.85. The Morgan fingerprint density at radius 3 is 2.35 bits per heavy atom. The summed E-state index contributed by atoms with van der Waals surface area (Å²) in [5.41, 5.74) is 1.41. The fourth-order valence-corrected chi connectivity index (χ4v) is 3.23. The lowest BCUT2D eigenvalue weighted by atomic mass is 10.1. The van der Waals surface area contributed by atoms with Crippen molar-refractivity contribution in [2.75, 3.05) is 27.3 Å². The van der Waals surface area contributed by atoms with Gasteiger partial charge in [0.05, 0.1) is 16.8 Å². The van der Waals surface area contributed by atoms with Crippen molar-refractivity contribution in [3.8, 4) is 11.5 Å². The minimum Gasteiger partial charge on any atom is -0.490 e. The molecular formula is C16H19IN2O3S. The molecule has 0 aliphatic carbocycles. The molecular weight excluding hydrogens is 427 g/mol. The number of thiocarbonyl (C=S) groups is 1. The van der Waals surface area contributed by atoms with E-state index in [1.54, 1.807) is 19.0 Å². The van der Waals surface area contributed by atoms with Crippen LogP contribution in [0, 0.1) is 3.57 Å². The number of hydrogen-bond acceptors (Lipinski definition) is 4. The quantitative estimate of drug-likeness (QED) is 0.395. The number of halogens is 1. The van der Waals surface area contributed by atoms with E-state index in [4.69, 9.17) is 21.7 Å². The molecule has 1 amide bonds. The van der Waals surface area contributed by atoms with E-state index >= 15 is 0 Å². The van der Waals surface area contributed by atoms with Gasteiger partial charge in [-0.25, -0.2) is 0 Å². The number of amides is 1. The lowest BCUT2D eigenvalue weighted by Gasteiger charge is -2.14. The maximum Gasteiger partial charge on any atom is 0.276 e. The Labute approximate surface area is 155 Å². The van der Waals surface area contributed by atoms with E-state index in [1.807, 2.05) is 32.1 Å². The molecule has 1 saturated heterocycles. The summed E-state index contributed by atoms with van der Waals surface area (Å²) in [7, 11) is 3.47. The second-order valence-electron chi connectivity index (χ2n) is 4.93. The highest BCUT2D eigenvalue weighted by Gasteiger charge is 2.32. The Hall–Kier alpha value is -1.35. The Balaban J connectivity index is 2.46. The molecule has 23 heavy (non-hydrogen) atoms. The Bertz CT molecular complexity index is 676. The third kappa shape index (κ3) is 3.60. The minimum absolute atomic E-state index is 0.112. The number of nitrogens with zero attached hydrogens (tertiary/aromatic N) is 2. The number of benzene rings is 1. The summed E-state index contributed by atoms with van der Waals surface area (Å²) in [6, 6.07) is 3.84. The van der Waals surface area contributed by atoms with Crippen molar-refractivity contribution in [2.45, 2.75) is 13.8 Å². The van der Waals surface area contributed by atoms with E-state index in [0.717, 1.165) is 14.9 Å². The van der Waals surface area contributed by atoms with Crippen molar-refractivity contribution in [3.63, 3.8) is 0 Å². The van der Waals surface area contributed by atoms with Gasteiger partial charge in [-0.15, -0.1) is 0 Å². The van der Waals surface area contributed by atoms with Gasteiger partial charge in [-0.05, 0) is 72.4 Å². The van der Waals surface area contributed by atoms with Gasteiger partial charge < -0.3 is 14.4 Å². The second-order valence-corrected chi connectivity index (χ2v) is 6.46. The van der Waals surface area contributed by atoms with Crippen molar-refractivity contribution in [2.24, 2.45) is 0 Å². The molecule has 1 aliphatic rings. The number of hydrogen-bond donors (Lipinski definition) is 0. The standard InChI is InChI=1S/C16H19IN2O3S/c1-5-21-13-9-10(7-11(17)14(13)22-6-2)8-12-15(20)19(4)16(23)18(12)3/h7-9H,5-6H2,1-4H3. The van der Waals surface area contributed by atoms with Crippen LogP contribution in [-0.4, -0.2) is 48.1 Å². The number of rotatable bonds is 5. The number of likely N-dealkylation sites (N-methyl/N-ethyl adjacent to an activating group) is 2. The van der Waals surface area contributed by atoms with Crippen molar-refractivity contribution in [1.82, 2.24) is 9.80 Å². The van der Waals surface area contributed by atoms with Crippen LogP contribution in [-0.2, 0) is 4.79 Å². The summed E-state index contributed by atoms with van der Waals surface area (Å²) in [6.45, 7) is 4.97. The second kappa shape index (κ2) is 7.48. The molecule has 1 aliphatic heterocycles. The van der Waals surface area contributed by atoms with Crippen molar-refractivity contribution in [3.05, 3.63) is 27.0 Å². The first-order valence-electron chi connectivity index (χ1n) is 7.27. The lowest BCUT2D eigenvalue weighted by Crippen LogP contribution is -2.26. The van der Waals surface area contributed by atoms with Gasteiger partial charge in [0, 0.05) is 14.1 Å². The smallest absolute Gasteiger partial charge is 0.276 e. The number of carbonyl (C=O) groups excluding carboxylic acids is 1. The molecule has 7 heteroatoms. The van der Waals surface area contributed by atoms with Crippen molar-refractivity contribution >= 4 is 51.9 Å². The fraction of sp³-hybridized carbons (Fsp3) is 0.375. The molecule has 0 unspecified atom stereocenters. The predicted molar refractivity (Wildman–Crippen MR) is 103 cm³/mol. The summed E-state index contributed by atoms with van der Waals surface area (Å²) in [5, 5.41) is 0.493. The lowest BCUT2D eigenvalue weighted by molar-refractivity contribution is -0.121. The fourth-order valence-electron chi connectivity index (χ4n) is 2.27. The topological polar surface area (TPSA) is 42.0 Å². The Morgan fingerprint density at radius 1 is 1.17 bits per heavy atom. The maximum absolute atomic E-state index is 12.3. The highest BCUT2D eigenvalue weighted by Crippen LogP contribution is 2.35. The summed E-state index contributed by atoms with van der Waals surface area (Å²) < 4.78 is 12.3. The minimum atomic E-state index is -0.112. The molecule has 2 rings (SSSR count). The molecule has 0 radical (unpaired) electrons. The predicted octanol–water partition coefficient (Wildman–Crippen LogP) is 3.12. The van der Waals surface area contributed by atoms with Gasteiger partial charge in [-0.1, -0.05) is 0 Å². The summed E-state index contributed by atoms with van der Waals surface area (Å²) >= 11 is 7.44. The monoisotopic (exact) mass is 446 g/mol.